The molecule has 10 aromatic carbocycles. The van der Waals surface area contributed by atoms with Gasteiger partial charge in [-0.3, -0.25) is 0 Å². The summed E-state index contributed by atoms with van der Waals surface area (Å²) >= 11 is 0. The van der Waals surface area contributed by atoms with Crippen molar-refractivity contribution in [2.75, 3.05) is 0 Å². The topological polar surface area (TPSA) is 9.86 Å². The number of para-hydroxylation sites is 1. The smallest absolute Gasteiger partial charge is 0.0710 e. The molecular weight excluding hydrogens is 1010 g/mol. The van der Waals surface area contributed by atoms with Gasteiger partial charge in [-0.05, 0) is 193 Å². The van der Waals surface area contributed by atoms with Gasteiger partial charge in [0.25, 0.3) is 0 Å². The Morgan fingerprint density at radius 1 is 0.452 bits per heavy atom. The predicted molar refractivity (Wildman–Crippen MR) is 357 cm³/mol. The maximum absolute atomic E-state index is 2.44. The van der Waals surface area contributed by atoms with Crippen molar-refractivity contribution in [1.29, 1.82) is 0 Å². The zero-order chi connectivity index (χ0) is 56.6. The molecular formula is C82H66N2. The van der Waals surface area contributed by atoms with Gasteiger partial charge in [0.1, 0.15) is 0 Å². The second kappa shape index (κ2) is 20.6. The summed E-state index contributed by atoms with van der Waals surface area (Å²) in [6.45, 7) is 6.72. The van der Waals surface area contributed by atoms with Gasteiger partial charge >= 0.3 is 0 Å². The summed E-state index contributed by atoms with van der Waals surface area (Å²) in [5.74, 6) is 0.412. The Morgan fingerprint density at radius 2 is 0.940 bits per heavy atom. The molecule has 2 aromatic heterocycles. The molecule has 15 rings (SSSR count). The zero-order valence-corrected chi connectivity index (χ0v) is 48.5. The first-order valence-electron chi connectivity index (χ1n) is 29.9. The fourth-order valence-corrected chi connectivity index (χ4v) is 14.4. The van der Waals surface area contributed by atoms with Crippen LogP contribution in [0.25, 0.3) is 89.9 Å². The molecule has 3 aliphatic carbocycles. The van der Waals surface area contributed by atoms with Crippen molar-refractivity contribution >= 4 is 67.7 Å². The fourth-order valence-electron chi connectivity index (χ4n) is 14.4. The van der Waals surface area contributed by atoms with Crippen LogP contribution in [0.4, 0.5) is 0 Å². The Bertz CT molecular complexity index is 4720. The average Bonchev–Trinajstić information content (AvgIpc) is 1.71. The van der Waals surface area contributed by atoms with Crippen molar-refractivity contribution in [3.63, 3.8) is 0 Å². The van der Waals surface area contributed by atoms with Crippen LogP contribution in [0.3, 0.4) is 0 Å². The Hall–Kier alpha value is -9.76. The molecule has 0 fully saturated rings. The summed E-state index contributed by atoms with van der Waals surface area (Å²) in [6.07, 6.45) is 17.4. The second-order valence-electron chi connectivity index (χ2n) is 23.8. The molecule has 0 N–H and O–H groups in total. The minimum absolute atomic E-state index is 0.412. The van der Waals surface area contributed by atoms with E-state index < -0.39 is 5.41 Å². The van der Waals surface area contributed by atoms with Crippen LogP contribution in [0.5, 0.6) is 0 Å². The van der Waals surface area contributed by atoms with Crippen molar-refractivity contribution in [2.45, 2.75) is 45.4 Å². The lowest BCUT2D eigenvalue weighted by atomic mass is 9.65. The molecule has 12 aromatic rings. The van der Waals surface area contributed by atoms with Gasteiger partial charge in [0.05, 0.1) is 5.41 Å². The quantitative estimate of drug-likeness (QED) is 0.121. The second-order valence-corrected chi connectivity index (χ2v) is 23.8. The third-order valence-corrected chi connectivity index (χ3v) is 18.8. The molecule has 404 valence electrons. The number of fused-ring (bicyclic) bond motifs is 8. The van der Waals surface area contributed by atoms with Crippen molar-refractivity contribution in [3.05, 3.63) is 332 Å². The van der Waals surface area contributed by atoms with E-state index in [9.17, 15) is 0 Å². The minimum atomic E-state index is -0.482. The predicted octanol–water partition coefficient (Wildman–Crippen LogP) is 20.6. The number of aryl methyl sites for hydroxylation is 5. The summed E-state index contributed by atoms with van der Waals surface area (Å²) < 4.78 is 4.66. The Kier molecular flexibility index (Phi) is 12.5. The number of allylic oxidation sites excluding steroid dienone is 5. The zero-order valence-electron chi connectivity index (χ0n) is 48.5. The lowest BCUT2D eigenvalue weighted by Crippen LogP contribution is -2.29. The molecule has 2 heteroatoms. The van der Waals surface area contributed by atoms with E-state index in [1.165, 1.54) is 155 Å². The summed E-state index contributed by atoms with van der Waals surface area (Å²) in [7, 11) is 4.36. The molecule has 0 bridgehead atoms. The summed E-state index contributed by atoms with van der Waals surface area (Å²) in [4.78, 5) is 0. The van der Waals surface area contributed by atoms with Crippen molar-refractivity contribution < 1.29 is 0 Å². The molecule has 2 heterocycles. The number of nitrogens with zero attached hydrogens (tertiary/aromatic N) is 2. The fraction of sp³-hybridized carbons (Fsp3) is 0.122. The molecule has 0 saturated heterocycles. The minimum Gasteiger partial charge on any atom is -0.344 e. The van der Waals surface area contributed by atoms with Gasteiger partial charge in [0.15, 0.2) is 0 Å². The van der Waals surface area contributed by atoms with Gasteiger partial charge in [-0.25, -0.2) is 0 Å². The van der Waals surface area contributed by atoms with E-state index in [0.29, 0.717) is 5.92 Å². The third-order valence-electron chi connectivity index (χ3n) is 18.8. The van der Waals surface area contributed by atoms with Crippen LogP contribution in [0, 0.1) is 19.8 Å². The van der Waals surface area contributed by atoms with Crippen LogP contribution in [0.1, 0.15) is 97.8 Å². The molecule has 0 aliphatic heterocycles. The van der Waals surface area contributed by atoms with Crippen LogP contribution in [-0.4, -0.2) is 9.13 Å². The summed E-state index contributed by atoms with van der Waals surface area (Å²) in [5, 5.41) is 3.91. The number of aromatic nitrogens is 2. The highest BCUT2D eigenvalue weighted by Gasteiger charge is 2.48. The third kappa shape index (κ3) is 8.54. The lowest BCUT2D eigenvalue weighted by Gasteiger charge is -2.36. The Balaban J connectivity index is 0.759. The van der Waals surface area contributed by atoms with Gasteiger partial charge in [0.2, 0.25) is 0 Å². The van der Waals surface area contributed by atoms with Gasteiger partial charge < -0.3 is 9.13 Å². The SMILES string of the molecule is Cc1ccc(/C(=C\c2ccc(-c3ccc(C4(c5ccc(-c6ccc(/C=C(\c7ccc(C)cc7)c7ccc8c(c7)c7ccccc7n8C)cc6)cc5)C5=C(c6ccccc64)C(C)CC=C5)cc3)cc2)c2ccc3c(c2)c2c(n3C)C=CCC2)cc1. The molecule has 2 atom stereocenters. The maximum Gasteiger partial charge on any atom is 0.0710 e. The number of hydrogen-bond donors (Lipinski definition) is 0. The molecule has 0 amide bonds. The first kappa shape index (κ1) is 51.1. The molecule has 2 unspecified atom stereocenters. The van der Waals surface area contributed by atoms with E-state index in [4.69, 9.17) is 0 Å². The van der Waals surface area contributed by atoms with Gasteiger partial charge in [-0.1, -0.05) is 236 Å². The van der Waals surface area contributed by atoms with Crippen molar-refractivity contribution in [3.8, 4) is 22.3 Å². The first-order valence-corrected chi connectivity index (χ1v) is 29.9. The number of rotatable bonds is 10. The first-order chi connectivity index (χ1) is 41.2. The van der Waals surface area contributed by atoms with Gasteiger partial charge in [0, 0.05) is 52.5 Å². The summed E-state index contributed by atoms with van der Waals surface area (Å²) in [5.41, 5.74) is 31.2. The molecule has 0 spiro atoms. The van der Waals surface area contributed by atoms with Crippen LogP contribution >= 0.6 is 0 Å². The van der Waals surface area contributed by atoms with Crippen molar-refractivity contribution in [1.82, 2.24) is 9.13 Å². The van der Waals surface area contributed by atoms with E-state index in [2.05, 4.69) is 311 Å². The normalized spacial score (nSPS) is 16.7. The highest BCUT2D eigenvalue weighted by Crippen LogP contribution is 2.58. The van der Waals surface area contributed by atoms with Crippen LogP contribution < -0.4 is 0 Å². The van der Waals surface area contributed by atoms with Crippen molar-refractivity contribution in [2.24, 2.45) is 20.0 Å². The largest absolute Gasteiger partial charge is 0.344 e. The van der Waals surface area contributed by atoms with Crippen LogP contribution in [0.15, 0.2) is 254 Å². The van der Waals surface area contributed by atoms with Gasteiger partial charge in [-0.15, -0.1) is 0 Å². The van der Waals surface area contributed by atoms with Gasteiger partial charge in [-0.2, -0.15) is 0 Å². The summed E-state index contributed by atoms with van der Waals surface area (Å²) in [6, 6.07) is 87.1. The Morgan fingerprint density at radius 3 is 1.52 bits per heavy atom. The molecule has 3 aliphatic rings. The number of benzene rings is 10. The van der Waals surface area contributed by atoms with Crippen LogP contribution in [0.2, 0.25) is 0 Å². The van der Waals surface area contributed by atoms with E-state index in [1.807, 2.05) is 0 Å². The monoisotopic (exact) mass is 1080 g/mol. The molecule has 0 saturated carbocycles. The van der Waals surface area contributed by atoms with E-state index in [0.717, 1.165) is 19.3 Å². The molecule has 2 nitrogen and oxygen atoms in total. The molecule has 0 radical (unpaired) electrons. The van der Waals surface area contributed by atoms with E-state index >= 15 is 0 Å². The highest BCUT2D eigenvalue weighted by molar-refractivity contribution is 6.10. The highest BCUT2D eigenvalue weighted by atomic mass is 14.9. The number of hydrogen-bond acceptors (Lipinski definition) is 0. The molecule has 84 heavy (non-hydrogen) atoms. The van der Waals surface area contributed by atoms with E-state index in [1.54, 1.807) is 0 Å². The maximum atomic E-state index is 2.44. The standard InChI is InChI=1S/C82H66N2/c1-53-21-29-62(30-22-53)71(64-41-47-79-73(51-64)68-14-7-10-19-77(68)83(79)4)49-56-25-33-58(34-26-56)60-37-43-66(44-38-60)82(75-17-9-6-16-70(75)81-55(3)13-12-18-76(81)82)67-45-39-61(40-46-67)59-35-27-57(28-36-59)50-72(63-31-23-54(2)24-32-63)65-42-48-80-74(52-65)69-15-8-11-20-78(69)84(80)5/h6-7,9-12,14,16-52,55H,8,13,15H2,1-5H3/b71-49+,72-50+. The Labute approximate surface area is 494 Å². The average molecular weight is 1080 g/mol. The van der Waals surface area contributed by atoms with E-state index in [-0.39, 0.29) is 0 Å². The lowest BCUT2D eigenvalue weighted by molar-refractivity contribution is 0.722. The van der Waals surface area contributed by atoms with Crippen LogP contribution in [-0.2, 0) is 25.9 Å².